The lowest BCUT2D eigenvalue weighted by Crippen LogP contribution is -2.43. The van der Waals surface area contributed by atoms with E-state index in [0.717, 1.165) is 0 Å². The quantitative estimate of drug-likeness (QED) is 0.842. The Morgan fingerprint density at radius 2 is 2.05 bits per heavy atom. The van der Waals surface area contributed by atoms with Gasteiger partial charge in [-0.05, 0) is 33.8 Å². The first-order valence-corrected chi connectivity index (χ1v) is 6.68. The Bertz CT molecular complexity index is 523. The van der Waals surface area contributed by atoms with E-state index in [-0.39, 0.29) is 6.54 Å². The Hall–Kier alpha value is -1.54. The fourth-order valence-electron chi connectivity index (χ4n) is 1.96. The second-order valence-electron chi connectivity index (χ2n) is 5.39. The minimum Gasteiger partial charge on any atom is -0.466 e. The van der Waals surface area contributed by atoms with E-state index < -0.39 is 30.4 Å². The minimum atomic E-state index is -4.49. The summed E-state index contributed by atoms with van der Waals surface area (Å²) in [5.74, 6) is 0.390. The Morgan fingerprint density at radius 1 is 1.45 bits per heavy atom. The van der Waals surface area contributed by atoms with Gasteiger partial charge in [0.1, 0.15) is 29.8 Å². The molecule has 1 rings (SSSR count). The second kappa shape index (κ2) is 6.70. The number of aryl methyl sites for hydroxylation is 2. The lowest BCUT2D eigenvalue weighted by atomic mass is 9.96. The molecule has 0 aromatic carbocycles. The SMILES string of the molecule is Cc1cc(C(C)(O)CNC(=O)C(C)OCC(F)(F)F)c(C)o1. The summed E-state index contributed by atoms with van der Waals surface area (Å²) in [6, 6.07) is 1.64. The molecule has 0 aliphatic rings. The molecule has 1 aromatic heterocycles. The Labute approximate surface area is 126 Å². The van der Waals surface area contributed by atoms with Gasteiger partial charge in [0.15, 0.2) is 0 Å². The number of aliphatic hydroxyl groups is 1. The maximum absolute atomic E-state index is 12.0. The number of rotatable bonds is 6. The number of nitrogens with one attached hydrogen (secondary N) is 1. The maximum Gasteiger partial charge on any atom is 0.411 e. The first kappa shape index (κ1) is 18.5. The van der Waals surface area contributed by atoms with Gasteiger partial charge in [-0.3, -0.25) is 4.79 Å². The summed E-state index contributed by atoms with van der Waals surface area (Å²) in [5, 5.41) is 12.7. The molecule has 0 radical (unpaired) electrons. The Morgan fingerprint density at radius 3 is 2.50 bits per heavy atom. The van der Waals surface area contributed by atoms with Crippen molar-refractivity contribution in [2.75, 3.05) is 13.2 Å². The smallest absolute Gasteiger partial charge is 0.411 e. The number of hydrogen-bond acceptors (Lipinski definition) is 4. The number of carbonyl (C=O) groups is 1. The Balaban J connectivity index is 2.57. The van der Waals surface area contributed by atoms with Gasteiger partial charge in [0.25, 0.3) is 0 Å². The highest BCUT2D eigenvalue weighted by molar-refractivity contribution is 5.80. The molecular weight excluding hydrogens is 303 g/mol. The van der Waals surface area contributed by atoms with E-state index in [2.05, 4.69) is 10.1 Å². The summed E-state index contributed by atoms with van der Waals surface area (Å²) in [6.07, 6.45) is -5.77. The third kappa shape index (κ3) is 5.34. The molecule has 0 aliphatic heterocycles. The fourth-order valence-corrected chi connectivity index (χ4v) is 1.96. The molecule has 1 heterocycles. The van der Waals surface area contributed by atoms with Gasteiger partial charge in [-0.25, -0.2) is 0 Å². The Kier molecular flexibility index (Phi) is 5.64. The largest absolute Gasteiger partial charge is 0.466 e. The van der Waals surface area contributed by atoms with Crippen LogP contribution in [-0.2, 0) is 15.1 Å². The number of hydrogen-bond donors (Lipinski definition) is 2. The van der Waals surface area contributed by atoms with Crippen molar-refractivity contribution in [3.8, 4) is 0 Å². The predicted octanol–water partition coefficient (Wildman–Crippen LogP) is 2.19. The molecule has 0 fully saturated rings. The van der Waals surface area contributed by atoms with Crippen molar-refractivity contribution in [1.82, 2.24) is 5.32 Å². The minimum absolute atomic E-state index is 0.175. The molecule has 2 atom stereocenters. The average Bonchev–Trinajstić information content (AvgIpc) is 2.72. The van der Waals surface area contributed by atoms with Crippen molar-refractivity contribution >= 4 is 5.91 Å². The van der Waals surface area contributed by atoms with E-state index in [1.807, 2.05) is 0 Å². The summed E-state index contributed by atoms with van der Waals surface area (Å²) in [4.78, 5) is 11.7. The van der Waals surface area contributed by atoms with E-state index >= 15 is 0 Å². The van der Waals surface area contributed by atoms with Crippen molar-refractivity contribution < 1.29 is 32.2 Å². The first-order valence-electron chi connectivity index (χ1n) is 6.68. The zero-order valence-corrected chi connectivity index (χ0v) is 12.9. The van der Waals surface area contributed by atoms with E-state index in [1.54, 1.807) is 19.9 Å². The molecule has 0 saturated heterocycles. The van der Waals surface area contributed by atoms with Gasteiger partial charge in [-0.1, -0.05) is 0 Å². The number of carbonyl (C=O) groups excluding carboxylic acids is 1. The molecule has 2 unspecified atom stereocenters. The van der Waals surface area contributed by atoms with Crippen LogP contribution >= 0.6 is 0 Å². The molecular formula is C14H20F3NO4. The van der Waals surface area contributed by atoms with Crippen molar-refractivity contribution in [2.45, 2.75) is 45.6 Å². The second-order valence-corrected chi connectivity index (χ2v) is 5.39. The average molecular weight is 323 g/mol. The summed E-state index contributed by atoms with van der Waals surface area (Å²) in [7, 11) is 0. The first-order chi connectivity index (χ1) is 9.92. The van der Waals surface area contributed by atoms with Crippen LogP contribution in [0, 0.1) is 13.8 Å². The van der Waals surface area contributed by atoms with Gasteiger partial charge >= 0.3 is 6.18 Å². The fraction of sp³-hybridized carbons (Fsp3) is 0.643. The molecule has 22 heavy (non-hydrogen) atoms. The van der Waals surface area contributed by atoms with Crippen LogP contribution in [0.3, 0.4) is 0 Å². The molecule has 0 bridgehead atoms. The summed E-state index contributed by atoms with van der Waals surface area (Å²) < 4.78 is 45.8. The zero-order chi connectivity index (χ0) is 17.1. The number of alkyl halides is 3. The van der Waals surface area contributed by atoms with Gasteiger partial charge in [0.05, 0.1) is 6.54 Å². The van der Waals surface area contributed by atoms with Gasteiger partial charge in [-0.15, -0.1) is 0 Å². The van der Waals surface area contributed by atoms with E-state index in [9.17, 15) is 23.1 Å². The van der Waals surface area contributed by atoms with Crippen LogP contribution in [0.4, 0.5) is 13.2 Å². The highest BCUT2D eigenvalue weighted by Gasteiger charge is 2.31. The monoisotopic (exact) mass is 323 g/mol. The van der Waals surface area contributed by atoms with E-state index in [4.69, 9.17) is 4.42 Å². The number of furan rings is 1. The molecule has 5 nitrogen and oxygen atoms in total. The molecule has 2 N–H and O–H groups in total. The third-order valence-corrected chi connectivity index (χ3v) is 3.09. The molecule has 0 spiro atoms. The lowest BCUT2D eigenvalue weighted by Gasteiger charge is -2.24. The van der Waals surface area contributed by atoms with Gasteiger partial charge in [-0.2, -0.15) is 13.2 Å². The number of amides is 1. The third-order valence-electron chi connectivity index (χ3n) is 3.09. The number of halogens is 3. The van der Waals surface area contributed by atoms with Crippen LogP contribution in [0.5, 0.6) is 0 Å². The van der Waals surface area contributed by atoms with Crippen LogP contribution < -0.4 is 5.32 Å². The molecule has 1 aromatic rings. The van der Waals surface area contributed by atoms with E-state index in [1.165, 1.54) is 13.8 Å². The van der Waals surface area contributed by atoms with Crippen molar-refractivity contribution in [2.24, 2.45) is 0 Å². The predicted molar refractivity (Wildman–Crippen MR) is 72.2 cm³/mol. The van der Waals surface area contributed by atoms with Crippen LogP contribution in [0.1, 0.15) is 30.9 Å². The molecule has 8 heteroatoms. The molecule has 126 valence electrons. The molecule has 0 aliphatic carbocycles. The highest BCUT2D eigenvalue weighted by Crippen LogP contribution is 2.26. The molecule has 0 saturated carbocycles. The van der Waals surface area contributed by atoms with Crippen LogP contribution in [0.25, 0.3) is 0 Å². The van der Waals surface area contributed by atoms with Gasteiger partial charge in [0.2, 0.25) is 5.91 Å². The summed E-state index contributed by atoms with van der Waals surface area (Å²) >= 11 is 0. The topological polar surface area (TPSA) is 71.7 Å². The van der Waals surface area contributed by atoms with Gasteiger partial charge < -0.3 is 19.6 Å². The zero-order valence-electron chi connectivity index (χ0n) is 12.9. The van der Waals surface area contributed by atoms with Crippen LogP contribution in [0.2, 0.25) is 0 Å². The van der Waals surface area contributed by atoms with Crippen LogP contribution in [-0.4, -0.2) is 36.4 Å². The normalized spacial score (nSPS) is 16.2. The standard InChI is InChI=1S/C14H20F3NO4/c1-8-5-11(9(2)22-8)13(4,20)6-18-12(19)10(3)21-7-14(15,16)17/h5,10,20H,6-7H2,1-4H3,(H,18,19). The number of ether oxygens (including phenoxy) is 1. The highest BCUT2D eigenvalue weighted by atomic mass is 19.4. The van der Waals surface area contributed by atoms with E-state index in [0.29, 0.717) is 17.1 Å². The van der Waals surface area contributed by atoms with Gasteiger partial charge in [0, 0.05) is 5.56 Å². The maximum atomic E-state index is 12.0. The molecule has 1 amide bonds. The van der Waals surface area contributed by atoms with Crippen molar-refractivity contribution in [1.29, 1.82) is 0 Å². The van der Waals surface area contributed by atoms with Crippen molar-refractivity contribution in [3.05, 3.63) is 23.2 Å². The van der Waals surface area contributed by atoms with Crippen molar-refractivity contribution in [3.63, 3.8) is 0 Å². The summed E-state index contributed by atoms with van der Waals surface area (Å²) in [6.45, 7) is 4.41. The summed E-state index contributed by atoms with van der Waals surface area (Å²) in [5.41, 5.74) is -0.893. The van der Waals surface area contributed by atoms with Crippen LogP contribution in [0.15, 0.2) is 10.5 Å². The lowest BCUT2D eigenvalue weighted by molar-refractivity contribution is -0.185.